The fraction of sp³-hybridized carbons (Fsp3) is 0.409. The Morgan fingerprint density at radius 1 is 0.625 bits per heavy atom. The van der Waals surface area contributed by atoms with E-state index in [2.05, 4.69) is 66.8 Å². The Bertz CT molecular complexity index is 462. The standard InChI is InChI=1S/C22H32O2/c1-2-3-4-5-6-7-8-9-10-11-12-13-14-15-16-17-18-19-20-21-22(23)24/h2-3,5-6,8-9,11-12,14-15,18-19H,4,7,10,13,16-17,20-21H2,1H3,(H,23,24)/b3-2+,6-5+,9-8+,12-11+,15-14+,19-18+. The molecule has 0 bridgehead atoms. The van der Waals surface area contributed by atoms with Crippen molar-refractivity contribution in [2.75, 3.05) is 0 Å². The van der Waals surface area contributed by atoms with Crippen LogP contribution in [-0.2, 0) is 4.79 Å². The summed E-state index contributed by atoms with van der Waals surface area (Å²) in [6.45, 7) is 2.04. The van der Waals surface area contributed by atoms with Crippen LogP contribution < -0.4 is 0 Å². The number of carboxylic acid groups (broad SMARTS) is 1. The van der Waals surface area contributed by atoms with Gasteiger partial charge in [-0.25, -0.2) is 0 Å². The molecule has 0 amide bonds. The van der Waals surface area contributed by atoms with Crippen LogP contribution in [-0.4, -0.2) is 11.1 Å². The minimum absolute atomic E-state index is 0.220. The van der Waals surface area contributed by atoms with E-state index in [4.69, 9.17) is 5.11 Å². The molecule has 1 N–H and O–H groups in total. The smallest absolute Gasteiger partial charge is 0.303 e. The molecule has 0 radical (unpaired) electrons. The van der Waals surface area contributed by atoms with E-state index in [-0.39, 0.29) is 6.42 Å². The minimum atomic E-state index is -0.734. The topological polar surface area (TPSA) is 37.3 Å². The third-order valence-electron chi connectivity index (χ3n) is 3.18. The van der Waals surface area contributed by atoms with Crippen molar-refractivity contribution in [1.29, 1.82) is 0 Å². The molecular weight excluding hydrogens is 296 g/mol. The molecule has 24 heavy (non-hydrogen) atoms. The Morgan fingerprint density at radius 3 is 1.46 bits per heavy atom. The van der Waals surface area contributed by atoms with E-state index in [0.717, 1.165) is 38.5 Å². The van der Waals surface area contributed by atoms with Gasteiger partial charge in [0.2, 0.25) is 0 Å². The van der Waals surface area contributed by atoms with Crippen LogP contribution in [0.4, 0.5) is 0 Å². The van der Waals surface area contributed by atoms with Crippen LogP contribution in [0.25, 0.3) is 0 Å². The van der Waals surface area contributed by atoms with Gasteiger partial charge in [0, 0.05) is 6.42 Å². The van der Waals surface area contributed by atoms with Crippen molar-refractivity contribution >= 4 is 5.97 Å². The Morgan fingerprint density at radius 2 is 1.00 bits per heavy atom. The maximum atomic E-state index is 10.3. The first-order valence-corrected chi connectivity index (χ1v) is 8.85. The molecule has 0 aliphatic heterocycles. The van der Waals surface area contributed by atoms with Crippen LogP contribution in [0.3, 0.4) is 0 Å². The van der Waals surface area contributed by atoms with E-state index in [0.29, 0.717) is 6.42 Å². The largest absolute Gasteiger partial charge is 0.481 e. The molecule has 132 valence electrons. The van der Waals surface area contributed by atoms with Gasteiger partial charge in [-0.15, -0.1) is 0 Å². The van der Waals surface area contributed by atoms with Crippen LogP contribution >= 0.6 is 0 Å². The van der Waals surface area contributed by atoms with E-state index < -0.39 is 5.97 Å². The molecule has 0 heterocycles. The van der Waals surface area contributed by atoms with Crippen molar-refractivity contribution in [2.24, 2.45) is 0 Å². The molecule has 0 spiro atoms. The fourth-order valence-corrected chi connectivity index (χ4v) is 1.88. The minimum Gasteiger partial charge on any atom is -0.481 e. The van der Waals surface area contributed by atoms with Crippen LogP contribution in [0.15, 0.2) is 72.9 Å². The first-order chi connectivity index (χ1) is 11.8. The predicted molar refractivity (Wildman–Crippen MR) is 105 cm³/mol. The number of rotatable bonds is 14. The quantitative estimate of drug-likeness (QED) is 0.290. The Balaban J connectivity index is 3.48. The summed E-state index contributed by atoms with van der Waals surface area (Å²) in [5.41, 5.74) is 0. The molecule has 2 nitrogen and oxygen atoms in total. The average Bonchev–Trinajstić information content (AvgIpc) is 2.56. The summed E-state index contributed by atoms with van der Waals surface area (Å²) in [4.78, 5) is 10.3. The molecule has 0 saturated carbocycles. The maximum absolute atomic E-state index is 10.3. The zero-order valence-corrected chi connectivity index (χ0v) is 14.9. The Labute approximate surface area is 147 Å². The van der Waals surface area contributed by atoms with E-state index in [1.807, 2.05) is 13.0 Å². The molecule has 0 fully saturated rings. The third-order valence-corrected chi connectivity index (χ3v) is 3.18. The number of hydrogen-bond donors (Lipinski definition) is 1. The highest BCUT2D eigenvalue weighted by Crippen LogP contribution is 1.99. The first-order valence-electron chi connectivity index (χ1n) is 8.85. The molecular formula is C22H32O2. The SMILES string of the molecule is C/C=C/C/C=C/C/C=C/C/C=C/C/C=C/CC/C=C/CCC(=O)O. The van der Waals surface area contributed by atoms with Gasteiger partial charge in [-0.2, -0.15) is 0 Å². The van der Waals surface area contributed by atoms with Gasteiger partial charge in [-0.1, -0.05) is 72.9 Å². The van der Waals surface area contributed by atoms with Gasteiger partial charge >= 0.3 is 5.97 Å². The van der Waals surface area contributed by atoms with Gasteiger partial charge in [0.05, 0.1) is 0 Å². The lowest BCUT2D eigenvalue weighted by molar-refractivity contribution is -0.136. The molecule has 0 aromatic rings. The molecule has 0 aliphatic carbocycles. The van der Waals surface area contributed by atoms with Crippen LogP contribution in [0.2, 0.25) is 0 Å². The zero-order chi connectivity index (χ0) is 17.7. The zero-order valence-electron chi connectivity index (χ0n) is 14.9. The second-order valence-corrected chi connectivity index (χ2v) is 5.38. The number of aliphatic carboxylic acids is 1. The number of hydrogen-bond acceptors (Lipinski definition) is 1. The van der Waals surface area contributed by atoms with Gasteiger partial charge in [-0.05, 0) is 51.9 Å². The monoisotopic (exact) mass is 328 g/mol. The van der Waals surface area contributed by atoms with Crippen molar-refractivity contribution < 1.29 is 9.90 Å². The van der Waals surface area contributed by atoms with E-state index >= 15 is 0 Å². The second-order valence-electron chi connectivity index (χ2n) is 5.38. The Kier molecular flexibility index (Phi) is 17.3. The summed E-state index contributed by atoms with van der Waals surface area (Å²) in [7, 11) is 0. The maximum Gasteiger partial charge on any atom is 0.303 e. The summed E-state index contributed by atoms with van der Waals surface area (Å²) in [5, 5.41) is 8.50. The van der Waals surface area contributed by atoms with Crippen molar-refractivity contribution in [3.05, 3.63) is 72.9 Å². The predicted octanol–water partition coefficient (Wildman–Crippen LogP) is 6.55. The second kappa shape index (κ2) is 19.0. The normalized spacial score (nSPS) is 13.0. The van der Waals surface area contributed by atoms with E-state index in [1.54, 1.807) is 0 Å². The number of unbranched alkanes of at least 4 members (excludes halogenated alkanes) is 1. The molecule has 0 unspecified atom stereocenters. The van der Waals surface area contributed by atoms with Gasteiger partial charge < -0.3 is 5.11 Å². The summed E-state index contributed by atoms with van der Waals surface area (Å²) >= 11 is 0. The van der Waals surface area contributed by atoms with Crippen molar-refractivity contribution in [3.8, 4) is 0 Å². The molecule has 2 heteroatoms. The van der Waals surface area contributed by atoms with Crippen LogP contribution in [0, 0.1) is 0 Å². The highest BCUT2D eigenvalue weighted by Gasteiger charge is 1.90. The Hall–Kier alpha value is -2.09. The summed E-state index contributed by atoms with van der Waals surface area (Å²) in [6.07, 6.45) is 32.5. The lowest BCUT2D eigenvalue weighted by Crippen LogP contribution is -1.91. The summed E-state index contributed by atoms with van der Waals surface area (Å²) in [5.74, 6) is -0.734. The van der Waals surface area contributed by atoms with Crippen LogP contribution in [0.5, 0.6) is 0 Å². The molecule has 0 aliphatic rings. The molecule has 0 aromatic heterocycles. The molecule has 0 atom stereocenters. The van der Waals surface area contributed by atoms with Gasteiger partial charge in [-0.3, -0.25) is 4.79 Å². The fourth-order valence-electron chi connectivity index (χ4n) is 1.88. The van der Waals surface area contributed by atoms with Gasteiger partial charge in [0.1, 0.15) is 0 Å². The summed E-state index contributed by atoms with van der Waals surface area (Å²) < 4.78 is 0. The first kappa shape index (κ1) is 21.9. The highest BCUT2D eigenvalue weighted by atomic mass is 16.4. The number of allylic oxidation sites excluding steroid dienone is 12. The highest BCUT2D eigenvalue weighted by molar-refractivity contribution is 5.66. The number of carboxylic acids is 1. The van der Waals surface area contributed by atoms with E-state index in [9.17, 15) is 4.79 Å². The molecule has 0 saturated heterocycles. The molecule has 0 aromatic carbocycles. The lowest BCUT2D eigenvalue weighted by Gasteiger charge is -1.89. The number of carbonyl (C=O) groups is 1. The van der Waals surface area contributed by atoms with E-state index in [1.165, 1.54) is 0 Å². The lowest BCUT2D eigenvalue weighted by atomic mass is 10.2. The third kappa shape index (κ3) is 19.9. The average molecular weight is 328 g/mol. The summed E-state index contributed by atoms with van der Waals surface area (Å²) in [6, 6.07) is 0. The van der Waals surface area contributed by atoms with Gasteiger partial charge in [0.15, 0.2) is 0 Å². The van der Waals surface area contributed by atoms with Crippen molar-refractivity contribution in [2.45, 2.75) is 58.3 Å². The van der Waals surface area contributed by atoms with Gasteiger partial charge in [0.25, 0.3) is 0 Å². The van der Waals surface area contributed by atoms with Crippen molar-refractivity contribution in [1.82, 2.24) is 0 Å². The van der Waals surface area contributed by atoms with Crippen LogP contribution in [0.1, 0.15) is 58.3 Å². The molecule has 0 rings (SSSR count). The van der Waals surface area contributed by atoms with Crippen molar-refractivity contribution in [3.63, 3.8) is 0 Å².